The van der Waals surface area contributed by atoms with Crippen molar-refractivity contribution in [3.8, 4) is 0 Å². The summed E-state index contributed by atoms with van der Waals surface area (Å²) in [6, 6.07) is 5.88. The quantitative estimate of drug-likeness (QED) is 0.860. The minimum absolute atomic E-state index is 0.112. The second-order valence-electron chi connectivity index (χ2n) is 5.69. The highest BCUT2D eigenvalue weighted by Gasteiger charge is 2.17. The predicted molar refractivity (Wildman–Crippen MR) is 84.3 cm³/mol. The van der Waals surface area contributed by atoms with E-state index in [1.807, 2.05) is 18.2 Å². The summed E-state index contributed by atoms with van der Waals surface area (Å²) >= 11 is 7.71. The van der Waals surface area contributed by atoms with Gasteiger partial charge in [0.2, 0.25) is 0 Å². The van der Waals surface area contributed by atoms with E-state index in [0.717, 1.165) is 28.0 Å². The van der Waals surface area contributed by atoms with Crippen molar-refractivity contribution in [2.45, 2.75) is 39.7 Å². The molecule has 0 radical (unpaired) electrons. The largest absolute Gasteiger partial charge is 0.378 e. The van der Waals surface area contributed by atoms with Crippen molar-refractivity contribution in [1.82, 2.24) is 4.98 Å². The van der Waals surface area contributed by atoms with Crippen LogP contribution in [-0.2, 0) is 12.0 Å². The lowest BCUT2D eigenvalue weighted by Crippen LogP contribution is -2.12. The van der Waals surface area contributed by atoms with Gasteiger partial charge in [-0.15, -0.1) is 11.3 Å². The van der Waals surface area contributed by atoms with Crippen molar-refractivity contribution in [3.05, 3.63) is 44.9 Å². The lowest BCUT2D eigenvalue weighted by Gasteiger charge is -2.14. The van der Waals surface area contributed by atoms with E-state index in [2.05, 4.69) is 43.4 Å². The maximum Gasteiger partial charge on any atom is 0.112 e. The molecule has 0 amide bonds. The number of thiazole rings is 1. The van der Waals surface area contributed by atoms with Crippen LogP contribution in [0.15, 0.2) is 23.6 Å². The zero-order chi connectivity index (χ0) is 14.0. The molecule has 0 fully saturated rings. The van der Waals surface area contributed by atoms with Crippen LogP contribution < -0.4 is 5.32 Å². The van der Waals surface area contributed by atoms with Crippen LogP contribution in [0.5, 0.6) is 0 Å². The molecule has 0 spiro atoms. The average Bonchev–Trinajstić information content (AvgIpc) is 2.79. The van der Waals surface area contributed by atoms with Crippen LogP contribution in [-0.4, -0.2) is 4.98 Å². The molecule has 0 atom stereocenters. The van der Waals surface area contributed by atoms with Gasteiger partial charge in [0.1, 0.15) is 5.01 Å². The molecule has 102 valence electrons. The van der Waals surface area contributed by atoms with Crippen LogP contribution >= 0.6 is 22.9 Å². The standard InChI is InChI=1S/C15H19ClN2S/c1-10-5-6-11(16)7-12(10)17-8-14-18-13(9-19-14)15(2,3)4/h5-7,9,17H,8H2,1-4H3. The van der Waals surface area contributed by atoms with Gasteiger partial charge in [0.05, 0.1) is 12.2 Å². The average molecular weight is 295 g/mol. The van der Waals surface area contributed by atoms with Gasteiger partial charge in [0.25, 0.3) is 0 Å². The Morgan fingerprint density at radius 3 is 2.68 bits per heavy atom. The highest BCUT2D eigenvalue weighted by molar-refractivity contribution is 7.09. The summed E-state index contributed by atoms with van der Waals surface area (Å²) in [5.74, 6) is 0. The number of rotatable bonds is 3. The van der Waals surface area contributed by atoms with Gasteiger partial charge in [-0.2, -0.15) is 0 Å². The van der Waals surface area contributed by atoms with Crippen LogP contribution in [0.1, 0.15) is 37.0 Å². The Bertz CT molecular complexity index is 570. The van der Waals surface area contributed by atoms with Crippen LogP contribution in [0.4, 0.5) is 5.69 Å². The number of benzene rings is 1. The Kier molecular flexibility index (Phi) is 4.16. The number of aromatic nitrogens is 1. The summed E-state index contributed by atoms with van der Waals surface area (Å²) in [7, 11) is 0. The van der Waals surface area contributed by atoms with Gasteiger partial charge < -0.3 is 5.32 Å². The molecule has 2 rings (SSSR count). The number of nitrogens with zero attached hydrogens (tertiary/aromatic N) is 1. The highest BCUT2D eigenvalue weighted by Crippen LogP contribution is 2.25. The van der Waals surface area contributed by atoms with E-state index in [0.29, 0.717) is 0 Å². The molecule has 1 aromatic carbocycles. The summed E-state index contributed by atoms with van der Waals surface area (Å²) in [6.07, 6.45) is 0. The Balaban J connectivity index is 2.06. The minimum Gasteiger partial charge on any atom is -0.378 e. The van der Waals surface area contributed by atoms with E-state index in [1.165, 1.54) is 5.56 Å². The molecule has 2 nitrogen and oxygen atoms in total. The monoisotopic (exact) mass is 294 g/mol. The summed E-state index contributed by atoms with van der Waals surface area (Å²) in [5.41, 5.74) is 3.52. The van der Waals surface area contributed by atoms with E-state index >= 15 is 0 Å². The topological polar surface area (TPSA) is 24.9 Å². The molecule has 0 aliphatic rings. The lowest BCUT2D eigenvalue weighted by atomic mass is 9.93. The van der Waals surface area contributed by atoms with Crippen molar-refractivity contribution < 1.29 is 0 Å². The fourth-order valence-electron chi connectivity index (χ4n) is 1.69. The SMILES string of the molecule is Cc1ccc(Cl)cc1NCc1nc(C(C)(C)C)cs1. The van der Waals surface area contributed by atoms with Crippen LogP contribution in [0.2, 0.25) is 5.02 Å². The van der Waals surface area contributed by atoms with Gasteiger partial charge in [0, 0.05) is 21.5 Å². The molecule has 1 aromatic heterocycles. The second-order valence-corrected chi connectivity index (χ2v) is 7.07. The molecule has 0 bridgehead atoms. The van der Waals surface area contributed by atoms with E-state index in [-0.39, 0.29) is 5.41 Å². The molecule has 1 N–H and O–H groups in total. The molecule has 0 saturated carbocycles. The molecule has 0 saturated heterocycles. The summed E-state index contributed by atoms with van der Waals surface area (Å²) in [5, 5.41) is 7.39. The van der Waals surface area contributed by atoms with E-state index in [9.17, 15) is 0 Å². The molecule has 0 unspecified atom stereocenters. The molecule has 0 aliphatic carbocycles. The first-order valence-corrected chi connectivity index (χ1v) is 7.57. The van der Waals surface area contributed by atoms with Crippen LogP contribution in [0.25, 0.3) is 0 Å². The first-order chi connectivity index (χ1) is 8.86. The maximum absolute atomic E-state index is 6.01. The molecule has 4 heteroatoms. The smallest absolute Gasteiger partial charge is 0.112 e. The number of hydrogen-bond donors (Lipinski definition) is 1. The van der Waals surface area contributed by atoms with E-state index in [1.54, 1.807) is 11.3 Å². The molecular weight excluding hydrogens is 276 g/mol. The first kappa shape index (κ1) is 14.4. The third-order valence-electron chi connectivity index (χ3n) is 2.95. The van der Waals surface area contributed by atoms with Gasteiger partial charge in [-0.05, 0) is 24.6 Å². The van der Waals surface area contributed by atoms with Crippen molar-refractivity contribution >= 4 is 28.6 Å². The Morgan fingerprint density at radius 2 is 2.05 bits per heavy atom. The zero-order valence-corrected chi connectivity index (χ0v) is 13.3. The highest BCUT2D eigenvalue weighted by atomic mass is 35.5. The molecule has 19 heavy (non-hydrogen) atoms. The Morgan fingerprint density at radius 1 is 1.32 bits per heavy atom. The number of anilines is 1. The number of hydrogen-bond acceptors (Lipinski definition) is 3. The van der Waals surface area contributed by atoms with Crippen molar-refractivity contribution in [2.24, 2.45) is 0 Å². The second kappa shape index (κ2) is 5.51. The Labute approximate surface area is 123 Å². The van der Waals surface area contributed by atoms with Gasteiger partial charge in [-0.3, -0.25) is 0 Å². The van der Waals surface area contributed by atoms with E-state index in [4.69, 9.17) is 11.6 Å². The van der Waals surface area contributed by atoms with Crippen molar-refractivity contribution in [2.75, 3.05) is 5.32 Å². The lowest BCUT2D eigenvalue weighted by molar-refractivity contribution is 0.571. The number of nitrogens with one attached hydrogen (secondary N) is 1. The van der Waals surface area contributed by atoms with Gasteiger partial charge in [-0.25, -0.2) is 4.98 Å². The van der Waals surface area contributed by atoms with Gasteiger partial charge >= 0.3 is 0 Å². The van der Waals surface area contributed by atoms with Crippen molar-refractivity contribution in [1.29, 1.82) is 0 Å². The fraction of sp³-hybridized carbons (Fsp3) is 0.400. The minimum atomic E-state index is 0.112. The van der Waals surface area contributed by atoms with Gasteiger partial charge in [0.15, 0.2) is 0 Å². The van der Waals surface area contributed by atoms with Gasteiger partial charge in [-0.1, -0.05) is 38.4 Å². The third kappa shape index (κ3) is 3.71. The van der Waals surface area contributed by atoms with Crippen LogP contribution in [0, 0.1) is 6.92 Å². The number of halogens is 1. The van der Waals surface area contributed by atoms with Crippen LogP contribution in [0.3, 0.4) is 0 Å². The number of aryl methyl sites for hydroxylation is 1. The van der Waals surface area contributed by atoms with E-state index < -0.39 is 0 Å². The maximum atomic E-state index is 6.01. The summed E-state index contributed by atoms with van der Waals surface area (Å²) in [4.78, 5) is 4.67. The first-order valence-electron chi connectivity index (χ1n) is 6.31. The normalized spacial score (nSPS) is 11.6. The fourth-order valence-corrected chi connectivity index (χ4v) is 2.82. The molecular formula is C15H19ClN2S. The Hall–Kier alpha value is -1.06. The molecule has 0 aliphatic heterocycles. The molecule has 2 aromatic rings. The predicted octanol–water partition coefficient (Wildman–Crippen LogP) is 5.01. The summed E-state index contributed by atoms with van der Waals surface area (Å²) < 4.78 is 0. The zero-order valence-electron chi connectivity index (χ0n) is 11.7. The summed E-state index contributed by atoms with van der Waals surface area (Å²) in [6.45, 7) is 9.35. The van der Waals surface area contributed by atoms with Crippen molar-refractivity contribution in [3.63, 3.8) is 0 Å². The molecule has 1 heterocycles. The third-order valence-corrected chi connectivity index (χ3v) is 4.03.